The van der Waals surface area contributed by atoms with Crippen molar-refractivity contribution >= 4 is 5.97 Å². The highest BCUT2D eigenvalue weighted by molar-refractivity contribution is 5.73. The summed E-state index contributed by atoms with van der Waals surface area (Å²) in [5.74, 6) is -0.744. The summed E-state index contributed by atoms with van der Waals surface area (Å²) < 4.78 is 0. The van der Waals surface area contributed by atoms with E-state index >= 15 is 0 Å². The number of hydrogen-bond acceptors (Lipinski definition) is 2. The van der Waals surface area contributed by atoms with E-state index in [2.05, 4.69) is 57.3 Å². The number of nitrogens with one attached hydrogen (secondary N) is 1. The predicted molar refractivity (Wildman–Crippen MR) is 87.8 cm³/mol. The molecule has 1 aromatic rings. The van der Waals surface area contributed by atoms with Gasteiger partial charge < -0.3 is 10.4 Å². The van der Waals surface area contributed by atoms with Gasteiger partial charge in [0.15, 0.2) is 0 Å². The Morgan fingerprint density at radius 3 is 2.33 bits per heavy atom. The molecule has 0 fully saturated rings. The van der Waals surface area contributed by atoms with Gasteiger partial charge in [0.1, 0.15) is 6.04 Å². The third-order valence-corrected chi connectivity index (χ3v) is 3.77. The van der Waals surface area contributed by atoms with Gasteiger partial charge >= 0.3 is 5.97 Å². The highest BCUT2D eigenvalue weighted by atomic mass is 16.4. The second-order valence-electron chi connectivity index (χ2n) is 6.68. The zero-order valence-electron chi connectivity index (χ0n) is 13.8. The van der Waals surface area contributed by atoms with Crippen LogP contribution in [0.1, 0.15) is 58.1 Å². The fourth-order valence-corrected chi connectivity index (χ4v) is 2.28. The first-order valence-electron chi connectivity index (χ1n) is 7.90. The SMILES string of the molecule is CCCC[C@H](NCCc1ccc(C(C)(C)C)cc1)C(=O)O. The lowest BCUT2D eigenvalue weighted by atomic mass is 9.86. The molecule has 0 aromatic heterocycles. The number of rotatable bonds is 8. The summed E-state index contributed by atoms with van der Waals surface area (Å²) >= 11 is 0. The summed E-state index contributed by atoms with van der Waals surface area (Å²) in [6.07, 6.45) is 3.54. The van der Waals surface area contributed by atoms with Crippen molar-refractivity contribution < 1.29 is 9.90 Å². The summed E-state index contributed by atoms with van der Waals surface area (Å²) in [5.41, 5.74) is 2.74. The van der Waals surface area contributed by atoms with E-state index in [4.69, 9.17) is 5.11 Å². The summed E-state index contributed by atoms with van der Waals surface area (Å²) in [4.78, 5) is 11.1. The summed E-state index contributed by atoms with van der Waals surface area (Å²) in [6, 6.07) is 8.20. The Labute approximate surface area is 128 Å². The number of carboxylic acid groups (broad SMARTS) is 1. The van der Waals surface area contributed by atoms with E-state index in [-0.39, 0.29) is 5.41 Å². The number of carbonyl (C=O) groups is 1. The van der Waals surface area contributed by atoms with Gasteiger partial charge in [-0.15, -0.1) is 0 Å². The molecule has 0 saturated carbocycles. The molecule has 21 heavy (non-hydrogen) atoms. The fraction of sp³-hybridized carbons (Fsp3) is 0.611. The van der Waals surface area contributed by atoms with Crippen molar-refractivity contribution in [2.45, 2.75) is 64.8 Å². The van der Waals surface area contributed by atoms with Gasteiger partial charge in [-0.1, -0.05) is 64.8 Å². The second-order valence-corrected chi connectivity index (χ2v) is 6.68. The average Bonchev–Trinajstić information content (AvgIpc) is 2.41. The molecule has 118 valence electrons. The molecule has 1 rings (SSSR count). The maximum atomic E-state index is 11.1. The van der Waals surface area contributed by atoms with Crippen LogP contribution in [0.2, 0.25) is 0 Å². The highest BCUT2D eigenvalue weighted by Crippen LogP contribution is 2.22. The molecule has 0 heterocycles. The molecule has 0 saturated heterocycles. The van der Waals surface area contributed by atoms with Crippen LogP contribution in [0.25, 0.3) is 0 Å². The highest BCUT2D eigenvalue weighted by Gasteiger charge is 2.15. The van der Waals surface area contributed by atoms with Crippen molar-refractivity contribution in [1.82, 2.24) is 5.32 Å². The number of unbranched alkanes of at least 4 members (excludes halogenated alkanes) is 1. The molecule has 3 heteroatoms. The number of carboxylic acids is 1. The lowest BCUT2D eigenvalue weighted by Gasteiger charge is -2.19. The quantitative estimate of drug-likeness (QED) is 0.766. The topological polar surface area (TPSA) is 49.3 Å². The first-order chi connectivity index (χ1) is 9.84. The van der Waals surface area contributed by atoms with E-state index in [1.54, 1.807) is 0 Å². The third kappa shape index (κ3) is 6.30. The Morgan fingerprint density at radius 1 is 1.24 bits per heavy atom. The average molecular weight is 291 g/mol. The number of aliphatic carboxylic acids is 1. The maximum absolute atomic E-state index is 11.1. The normalized spacial score (nSPS) is 13.1. The first-order valence-corrected chi connectivity index (χ1v) is 7.90. The Balaban J connectivity index is 2.46. The van der Waals surface area contributed by atoms with Gasteiger partial charge in [0.2, 0.25) is 0 Å². The molecule has 2 N–H and O–H groups in total. The minimum atomic E-state index is -0.744. The standard InChI is InChI=1S/C18H29NO2/c1-5-6-7-16(17(20)21)19-13-12-14-8-10-15(11-9-14)18(2,3)4/h8-11,16,19H,5-7,12-13H2,1-4H3,(H,20,21)/t16-/m0/s1. The van der Waals surface area contributed by atoms with Crippen molar-refractivity contribution in [3.8, 4) is 0 Å². The van der Waals surface area contributed by atoms with Gasteiger partial charge in [-0.05, 0) is 35.9 Å². The van der Waals surface area contributed by atoms with Crippen LogP contribution in [0.15, 0.2) is 24.3 Å². The van der Waals surface area contributed by atoms with Crippen molar-refractivity contribution in [1.29, 1.82) is 0 Å². The Kier molecular flexibility index (Phi) is 6.90. The minimum Gasteiger partial charge on any atom is -0.480 e. The molecule has 0 aliphatic rings. The number of hydrogen-bond donors (Lipinski definition) is 2. The van der Waals surface area contributed by atoms with Crippen molar-refractivity contribution in [3.63, 3.8) is 0 Å². The second kappa shape index (κ2) is 8.18. The van der Waals surface area contributed by atoms with E-state index < -0.39 is 12.0 Å². The van der Waals surface area contributed by atoms with Gasteiger partial charge in [-0.25, -0.2) is 0 Å². The lowest BCUT2D eigenvalue weighted by molar-refractivity contribution is -0.139. The number of benzene rings is 1. The predicted octanol–water partition coefficient (Wildman–Crippen LogP) is 3.76. The molecule has 3 nitrogen and oxygen atoms in total. The third-order valence-electron chi connectivity index (χ3n) is 3.77. The van der Waals surface area contributed by atoms with Crippen molar-refractivity contribution in [3.05, 3.63) is 35.4 Å². The van der Waals surface area contributed by atoms with Crippen LogP contribution in [0.4, 0.5) is 0 Å². The van der Waals surface area contributed by atoms with Crippen LogP contribution in [0.3, 0.4) is 0 Å². The van der Waals surface area contributed by atoms with E-state index in [0.29, 0.717) is 13.0 Å². The van der Waals surface area contributed by atoms with Crippen molar-refractivity contribution in [2.75, 3.05) is 6.54 Å². The van der Waals surface area contributed by atoms with Gasteiger partial charge in [0.25, 0.3) is 0 Å². The Hall–Kier alpha value is -1.35. The molecule has 0 radical (unpaired) electrons. The van der Waals surface area contributed by atoms with Gasteiger partial charge in [0.05, 0.1) is 0 Å². The zero-order valence-corrected chi connectivity index (χ0v) is 13.8. The summed E-state index contributed by atoms with van der Waals surface area (Å²) in [6.45, 7) is 9.39. The van der Waals surface area contributed by atoms with Gasteiger partial charge in [0, 0.05) is 0 Å². The fourth-order valence-electron chi connectivity index (χ4n) is 2.28. The molecule has 0 aliphatic heterocycles. The van der Waals surface area contributed by atoms with Gasteiger partial charge in [-0.2, -0.15) is 0 Å². The van der Waals surface area contributed by atoms with E-state index in [1.807, 2.05) is 0 Å². The Morgan fingerprint density at radius 2 is 1.86 bits per heavy atom. The molecule has 1 atom stereocenters. The lowest BCUT2D eigenvalue weighted by Crippen LogP contribution is -2.37. The summed E-state index contributed by atoms with van der Waals surface area (Å²) in [7, 11) is 0. The summed E-state index contributed by atoms with van der Waals surface area (Å²) in [5, 5.41) is 12.3. The van der Waals surface area contributed by atoms with Crippen LogP contribution in [-0.2, 0) is 16.6 Å². The molecule has 1 aromatic carbocycles. The molecule has 0 unspecified atom stereocenters. The molecule has 0 bridgehead atoms. The Bertz CT molecular complexity index is 432. The van der Waals surface area contributed by atoms with Crippen LogP contribution in [-0.4, -0.2) is 23.7 Å². The monoisotopic (exact) mass is 291 g/mol. The minimum absolute atomic E-state index is 0.172. The largest absolute Gasteiger partial charge is 0.480 e. The van der Waals surface area contributed by atoms with Crippen LogP contribution >= 0.6 is 0 Å². The van der Waals surface area contributed by atoms with Gasteiger partial charge in [-0.3, -0.25) is 4.79 Å². The molecular formula is C18H29NO2. The van der Waals surface area contributed by atoms with Crippen LogP contribution in [0, 0.1) is 0 Å². The molecular weight excluding hydrogens is 262 g/mol. The zero-order chi connectivity index (χ0) is 15.9. The van der Waals surface area contributed by atoms with Crippen LogP contribution < -0.4 is 5.32 Å². The maximum Gasteiger partial charge on any atom is 0.320 e. The smallest absolute Gasteiger partial charge is 0.320 e. The van der Waals surface area contributed by atoms with Crippen molar-refractivity contribution in [2.24, 2.45) is 0 Å². The van der Waals surface area contributed by atoms with E-state index in [1.165, 1.54) is 11.1 Å². The first kappa shape index (κ1) is 17.7. The van der Waals surface area contributed by atoms with Crippen LogP contribution in [0.5, 0.6) is 0 Å². The molecule has 0 spiro atoms. The molecule has 0 aliphatic carbocycles. The van der Waals surface area contributed by atoms with E-state index in [0.717, 1.165) is 19.3 Å². The molecule has 0 amide bonds. The van der Waals surface area contributed by atoms with E-state index in [9.17, 15) is 4.79 Å².